The maximum Gasteiger partial charge on any atom is 0.282 e. The minimum atomic E-state index is -0.253. The lowest BCUT2D eigenvalue weighted by atomic mass is 10.1. The zero-order valence-corrected chi connectivity index (χ0v) is 17.5. The van der Waals surface area contributed by atoms with Gasteiger partial charge in [-0.15, -0.1) is 11.3 Å². The Morgan fingerprint density at radius 1 is 1.03 bits per heavy atom. The number of carbonyl (C=O) groups is 2. The van der Waals surface area contributed by atoms with Gasteiger partial charge in [0.15, 0.2) is 0 Å². The Balaban J connectivity index is 1.72. The highest BCUT2D eigenvalue weighted by Gasteiger charge is 2.43. The number of β-amino-alcohol motifs (C(OH)–C–C–N with tert-alkyl or cyclic N) is 1. The highest BCUT2D eigenvalue weighted by Crippen LogP contribution is 2.37. The van der Waals surface area contributed by atoms with Gasteiger partial charge in [-0.1, -0.05) is 23.8 Å². The molecule has 0 spiro atoms. The van der Waals surface area contributed by atoms with Gasteiger partial charge in [-0.2, -0.15) is 0 Å². The van der Waals surface area contributed by atoms with Crippen molar-refractivity contribution in [2.45, 2.75) is 13.8 Å². The van der Waals surface area contributed by atoms with Gasteiger partial charge in [0.05, 0.1) is 17.9 Å². The maximum absolute atomic E-state index is 13.5. The molecule has 2 aliphatic rings. The van der Waals surface area contributed by atoms with Crippen LogP contribution in [0.2, 0.25) is 0 Å². The molecule has 1 aromatic carbocycles. The largest absolute Gasteiger partial charge is 0.395 e. The topological polar surface area (TPSA) is 64.1 Å². The van der Waals surface area contributed by atoms with Crippen LogP contribution in [0.1, 0.15) is 16.0 Å². The molecule has 0 bridgehead atoms. The summed E-state index contributed by atoms with van der Waals surface area (Å²) in [5, 5.41) is 11.1. The van der Waals surface area contributed by atoms with Crippen molar-refractivity contribution >= 4 is 34.4 Å². The molecule has 1 N–H and O–H groups in total. The van der Waals surface area contributed by atoms with Crippen LogP contribution in [0.4, 0.5) is 5.69 Å². The van der Waals surface area contributed by atoms with Crippen molar-refractivity contribution in [1.29, 1.82) is 0 Å². The van der Waals surface area contributed by atoms with Gasteiger partial charge in [-0.3, -0.25) is 14.5 Å². The zero-order valence-electron chi connectivity index (χ0n) is 16.7. The molecule has 2 aliphatic heterocycles. The molecule has 0 aliphatic carbocycles. The number of nitrogens with zero attached hydrogens (tertiary/aromatic N) is 3. The molecule has 7 heteroatoms. The number of hydrogen-bond donors (Lipinski definition) is 1. The Morgan fingerprint density at radius 2 is 1.79 bits per heavy atom. The fourth-order valence-electron chi connectivity index (χ4n) is 4.07. The molecule has 2 aromatic rings. The van der Waals surface area contributed by atoms with E-state index in [4.69, 9.17) is 0 Å². The van der Waals surface area contributed by atoms with E-state index in [2.05, 4.69) is 4.90 Å². The van der Waals surface area contributed by atoms with E-state index in [1.807, 2.05) is 54.5 Å². The standard InChI is InChI=1S/C22H25N3O3S/c1-15-5-6-17(16(2)14-15)25-21(27)19(18-4-3-13-29-18)20(22(25)28)24-9-7-23(8-10-24)11-12-26/h3-6,13-14,26H,7-12H2,1-2H3. The molecule has 152 valence electrons. The van der Waals surface area contributed by atoms with E-state index < -0.39 is 0 Å². The third kappa shape index (κ3) is 3.61. The third-order valence-electron chi connectivity index (χ3n) is 5.52. The Morgan fingerprint density at radius 3 is 2.41 bits per heavy atom. The first kappa shape index (κ1) is 19.8. The Hall–Kier alpha value is -2.48. The molecule has 1 saturated heterocycles. The molecule has 1 fully saturated rings. The number of piperazine rings is 1. The predicted molar refractivity (Wildman–Crippen MR) is 115 cm³/mol. The summed E-state index contributed by atoms with van der Waals surface area (Å²) in [6, 6.07) is 9.58. The highest BCUT2D eigenvalue weighted by molar-refractivity contribution is 7.11. The predicted octanol–water partition coefficient (Wildman–Crippen LogP) is 2.26. The van der Waals surface area contributed by atoms with Gasteiger partial charge in [0.25, 0.3) is 11.8 Å². The summed E-state index contributed by atoms with van der Waals surface area (Å²) >= 11 is 1.48. The van der Waals surface area contributed by atoms with Crippen LogP contribution in [0.3, 0.4) is 0 Å². The molecule has 0 saturated carbocycles. The third-order valence-corrected chi connectivity index (χ3v) is 6.41. The van der Waals surface area contributed by atoms with Crippen molar-refractivity contribution in [2.75, 3.05) is 44.2 Å². The molecule has 4 rings (SSSR count). The number of carbonyl (C=O) groups excluding carboxylic acids is 2. The van der Waals surface area contributed by atoms with Gasteiger partial charge in [-0.05, 0) is 36.9 Å². The molecule has 0 radical (unpaired) electrons. The second-order valence-electron chi connectivity index (χ2n) is 7.49. The number of aliphatic hydroxyl groups excluding tert-OH is 1. The number of hydrogen-bond acceptors (Lipinski definition) is 6. The normalized spacial score (nSPS) is 18.3. The van der Waals surface area contributed by atoms with E-state index in [1.54, 1.807) is 0 Å². The van der Waals surface area contributed by atoms with Crippen LogP contribution in [0.25, 0.3) is 5.57 Å². The van der Waals surface area contributed by atoms with Gasteiger partial charge in [-0.25, -0.2) is 4.90 Å². The first-order valence-corrected chi connectivity index (χ1v) is 10.7. The van der Waals surface area contributed by atoms with Crippen LogP contribution in [0, 0.1) is 13.8 Å². The minimum absolute atomic E-state index is 0.126. The van der Waals surface area contributed by atoms with Crippen LogP contribution in [-0.2, 0) is 9.59 Å². The Bertz CT molecular complexity index is 960. The van der Waals surface area contributed by atoms with E-state index in [0.717, 1.165) is 29.1 Å². The van der Waals surface area contributed by atoms with Gasteiger partial charge < -0.3 is 10.0 Å². The highest BCUT2D eigenvalue weighted by atomic mass is 32.1. The summed E-state index contributed by atoms with van der Waals surface area (Å²) in [7, 11) is 0. The van der Waals surface area contributed by atoms with Crippen LogP contribution < -0.4 is 4.90 Å². The zero-order chi connectivity index (χ0) is 20.5. The molecule has 1 aromatic heterocycles. The summed E-state index contributed by atoms with van der Waals surface area (Å²) in [6.07, 6.45) is 0. The Kier molecular flexibility index (Phi) is 5.54. The summed E-state index contributed by atoms with van der Waals surface area (Å²) in [4.78, 5) is 33.3. The number of aliphatic hydroxyl groups is 1. The fraction of sp³-hybridized carbons (Fsp3) is 0.364. The van der Waals surface area contributed by atoms with Crippen molar-refractivity contribution in [3.63, 3.8) is 0 Å². The fourth-order valence-corrected chi connectivity index (χ4v) is 4.83. The molecular weight excluding hydrogens is 386 g/mol. The van der Waals surface area contributed by atoms with Crippen LogP contribution in [-0.4, -0.2) is 66.1 Å². The lowest BCUT2D eigenvalue weighted by Crippen LogP contribution is -2.48. The second kappa shape index (κ2) is 8.10. The number of amides is 2. The second-order valence-corrected chi connectivity index (χ2v) is 8.44. The van der Waals surface area contributed by atoms with Crippen molar-refractivity contribution < 1.29 is 14.7 Å². The van der Waals surface area contributed by atoms with Crippen molar-refractivity contribution in [3.8, 4) is 0 Å². The van der Waals surface area contributed by atoms with Crippen LogP contribution in [0.15, 0.2) is 41.4 Å². The van der Waals surface area contributed by atoms with E-state index in [1.165, 1.54) is 16.2 Å². The van der Waals surface area contributed by atoms with Crippen LogP contribution >= 0.6 is 11.3 Å². The average molecular weight is 412 g/mol. The summed E-state index contributed by atoms with van der Waals surface area (Å²) in [5.74, 6) is -0.502. The SMILES string of the molecule is Cc1ccc(N2C(=O)C(c3cccs3)=C(N3CCN(CCO)CC3)C2=O)c(C)c1. The van der Waals surface area contributed by atoms with Gasteiger partial charge in [0.1, 0.15) is 5.70 Å². The summed E-state index contributed by atoms with van der Waals surface area (Å²) in [6.45, 7) is 7.51. The molecule has 0 unspecified atom stereocenters. The van der Waals surface area contributed by atoms with Crippen LogP contribution in [0.5, 0.6) is 0 Å². The average Bonchev–Trinajstić information content (AvgIpc) is 3.30. The monoisotopic (exact) mass is 411 g/mol. The minimum Gasteiger partial charge on any atom is -0.395 e. The van der Waals surface area contributed by atoms with Crippen molar-refractivity contribution in [2.24, 2.45) is 0 Å². The molecule has 3 heterocycles. The maximum atomic E-state index is 13.5. The molecule has 0 atom stereocenters. The Labute approximate surface area is 174 Å². The van der Waals surface area contributed by atoms with Gasteiger partial charge in [0.2, 0.25) is 0 Å². The lowest BCUT2D eigenvalue weighted by molar-refractivity contribution is -0.120. The van der Waals surface area contributed by atoms with E-state index in [-0.39, 0.29) is 18.4 Å². The van der Waals surface area contributed by atoms with Gasteiger partial charge >= 0.3 is 0 Å². The van der Waals surface area contributed by atoms with Crippen molar-refractivity contribution in [3.05, 3.63) is 57.4 Å². The van der Waals surface area contributed by atoms with E-state index >= 15 is 0 Å². The van der Waals surface area contributed by atoms with E-state index in [0.29, 0.717) is 36.6 Å². The number of imide groups is 1. The smallest absolute Gasteiger partial charge is 0.282 e. The number of rotatable bonds is 5. The summed E-state index contributed by atoms with van der Waals surface area (Å²) in [5.41, 5.74) is 3.65. The quantitative estimate of drug-likeness (QED) is 0.765. The van der Waals surface area contributed by atoms with Crippen molar-refractivity contribution in [1.82, 2.24) is 9.80 Å². The summed E-state index contributed by atoms with van der Waals surface area (Å²) < 4.78 is 0. The number of thiophene rings is 1. The van der Waals surface area contributed by atoms with Gasteiger partial charge in [0, 0.05) is 37.6 Å². The molecular formula is C22H25N3O3S. The molecule has 29 heavy (non-hydrogen) atoms. The number of benzene rings is 1. The lowest BCUT2D eigenvalue weighted by Gasteiger charge is -2.36. The molecule has 6 nitrogen and oxygen atoms in total. The number of anilines is 1. The molecule has 2 amide bonds. The first-order chi connectivity index (χ1) is 14.0. The first-order valence-electron chi connectivity index (χ1n) is 9.83. The number of aryl methyl sites for hydroxylation is 2. The van der Waals surface area contributed by atoms with E-state index in [9.17, 15) is 14.7 Å².